The molecule has 0 aliphatic rings. The molecule has 28 heavy (non-hydrogen) atoms. The summed E-state index contributed by atoms with van der Waals surface area (Å²) in [5.41, 5.74) is 6.49. The van der Waals surface area contributed by atoms with Gasteiger partial charge >= 0.3 is 0 Å². The van der Waals surface area contributed by atoms with E-state index in [0.717, 1.165) is 5.56 Å². The van der Waals surface area contributed by atoms with E-state index in [1.54, 1.807) is 0 Å². The van der Waals surface area contributed by atoms with Crippen molar-refractivity contribution in [2.45, 2.75) is 19.0 Å². The second-order valence-corrected chi connectivity index (χ2v) is 6.10. The number of benzene rings is 2. The summed E-state index contributed by atoms with van der Waals surface area (Å²) in [5, 5.41) is 6.80. The van der Waals surface area contributed by atoms with Crippen LogP contribution in [-0.4, -0.2) is 29.4 Å². The Labute approximate surface area is 163 Å². The van der Waals surface area contributed by atoms with E-state index in [2.05, 4.69) is 10.6 Å². The van der Waals surface area contributed by atoms with Crippen molar-refractivity contribution in [1.82, 2.24) is 15.6 Å². The van der Waals surface area contributed by atoms with Crippen molar-refractivity contribution in [2.24, 2.45) is 11.6 Å². The molecule has 0 aromatic heterocycles. The number of carbonyl (C=O) groups excluding carboxylic acids is 2. The first kappa shape index (κ1) is 20.9. The predicted molar refractivity (Wildman–Crippen MR) is 105 cm³/mol. The van der Waals surface area contributed by atoms with Crippen LogP contribution in [0.4, 0.5) is 4.39 Å². The number of hydrazine groups is 1. The predicted octanol–water partition coefficient (Wildman–Crippen LogP) is 1.24. The molecule has 0 radical (unpaired) electrons. The molecule has 2 aromatic carbocycles. The van der Waals surface area contributed by atoms with Crippen LogP contribution in [0.5, 0.6) is 0 Å². The van der Waals surface area contributed by atoms with Gasteiger partial charge in [-0.15, -0.1) is 0 Å². The second-order valence-electron chi connectivity index (χ2n) is 6.10. The SMILES string of the molecule is N/C=C\N(N)CCC(NC(=O)c1ccc(F)cc1)C(=O)NCc1ccccc1. The van der Waals surface area contributed by atoms with E-state index in [1.807, 2.05) is 30.3 Å². The van der Waals surface area contributed by atoms with Crippen LogP contribution < -0.4 is 22.2 Å². The van der Waals surface area contributed by atoms with Crippen LogP contribution in [0, 0.1) is 5.82 Å². The summed E-state index contributed by atoms with van der Waals surface area (Å²) >= 11 is 0. The highest BCUT2D eigenvalue weighted by Crippen LogP contribution is 2.05. The van der Waals surface area contributed by atoms with Crippen LogP contribution in [0.3, 0.4) is 0 Å². The molecule has 0 spiro atoms. The largest absolute Gasteiger partial charge is 0.403 e. The van der Waals surface area contributed by atoms with E-state index < -0.39 is 17.8 Å². The Morgan fingerprint density at radius 2 is 1.79 bits per heavy atom. The zero-order chi connectivity index (χ0) is 20.4. The fraction of sp³-hybridized carbons (Fsp3) is 0.200. The van der Waals surface area contributed by atoms with Crippen molar-refractivity contribution in [1.29, 1.82) is 0 Å². The smallest absolute Gasteiger partial charge is 0.251 e. The van der Waals surface area contributed by atoms with Gasteiger partial charge in [-0.2, -0.15) is 0 Å². The molecular weight excluding hydrogens is 361 g/mol. The Bertz CT molecular complexity index is 796. The fourth-order valence-corrected chi connectivity index (χ4v) is 2.48. The summed E-state index contributed by atoms with van der Waals surface area (Å²) in [6, 6.07) is 13.7. The number of nitrogens with two attached hydrogens (primary N) is 2. The van der Waals surface area contributed by atoms with Crippen LogP contribution >= 0.6 is 0 Å². The molecule has 0 aliphatic heterocycles. The van der Waals surface area contributed by atoms with Crippen molar-refractivity contribution in [2.75, 3.05) is 6.54 Å². The van der Waals surface area contributed by atoms with Gasteiger partial charge in [0.15, 0.2) is 0 Å². The minimum absolute atomic E-state index is 0.258. The number of hydrogen-bond donors (Lipinski definition) is 4. The molecule has 1 unspecified atom stereocenters. The first-order chi connectivity index (χ1) is 13.5. The summed E-state index contributed by atoms with van der Waals surface area (Å²) in [4.78, 5) is 25.0. The lowest BCUT2D eigenvalue weighted by molar-refractivity contribution is -0.123. The number of rotatable bonds is 9. The molecule has 2 amide bonds. The number of nitrogens with zero attached hydrogens (tertiary/aromatic N) is 1. The number of carbonyl (C=O) groups is 2. The average Bonchev–Trinajstić information content (AvgIpc) is 2.70. The Morgan fingerprint density at radius 1 is 1.11 bits per heavy atom. The third kappa shape index (κ3) is 6.73. The maximum absolute atomic E-state index is 13.1. The topological polar surface area (TPSA) is 113 Å². The van der Waals surface area contributed by atoms with E-state index in [1.165, 1.54) is 41.7 Å². The average molecular weight is 385 g/mol. The van der Waals surface area contributed by atoms with Crippen molar-refractivity contribution < 1.29 is 14.0 Å². The maximum Gasteiger partial charge on any atom is 0.251 e. The van der Waals surface area contributed by atoms with Gasteiger partial charge in [0.25, 0.3) is 5.91 Å². The first-order valence-corrected chi connectivity index (χ1v) is 8.77. The highest BCUT2D eigenvalue weighted by molar-refractivity contribution is 5.97. The Hall–Kier alpha value is -3.39. The molecule has 0 saturated heterocycles. The Balaban J connectivity index is 2.03. The first-order valence-electron chi connectivity index (χ1n) is 8.77. The van der Waals surface area contributed by atoms with Gasteiger partial charge in [0.2, 0.25) is 5.91 Å². The maximum atomic E-state index is 13.1. The van der Waals surface area contributed by atoms with Crippen molar-refractivity contribution >= 4 is 11.8 Å². The Kier molecular flexibility index (Phi) is 7.98. The summed E-state index contributed by atoms with van der Waals surface area (Å²) < 4.78 is 13.1. The minimum Gasteiger partial charge on any atom is -0.403 e. The van der Waals surface area contributed by atoms with Gasteiger partial charge in [0, 0.05) is 31.1 Å². The van der Waals surface area contributed by atoms with Crippen molar-refractivity contribution in [3.63, 3.8) is 0 Å². The van der Waals surface area contributed by atoms with Gasteiger partial charge in [-0.1, -0.05) is 30.3 Å². The molecule has 148 valence electrons. The van der Waals surface area contributed by atoms with Crippen molar-refractivity contribution in [3.05, 3.63) is 83.9 Å². The lowest BCUT2D eigenvalue weighted by atomic mass is 10.1. The fourth-order valence-electron chi connectivity index (χ4n) is 2.48. The Morgan fingerprint density at radius 3 is 2.43 bits per heavy atom. The molecule has 7 nitrogen and oxygen atoms in total. The van der Waals surface area contributed by atoms with Gasteiger partial charge in [-0.25, -0.2) is 10.2 Å². The molecular formula is C20H24FN5O2. The highest BCUT2D eigenvalue weighted by Gasteiger charge is 2.21. The zero-order valence-corrected chi connectivity index (χ0v) is 15.3. The summed E-state index contributed by atoms with van der Waals surface area (Å²) in [7, 11) is 0. The molecule has 0 bridgehead atoms. The van der Waals surface area contributed by atoms with E-state index in [9.17, 15) is 14.0 Å². The van der Waals surface area contributed by atoms with Crippen LogP contribution in [0.2, 0.25) is 0 Å². The summed E-state index contributed by atoms with van der Waals surface area (Å²) in [6.07, 6.45) is 3.00. The lowest BCUT2D eigenvalue weighted by Crippen LogP contribution is -2.48. The monoisotopic (exact) mass is 385 g/mol. The molecule has 2 rings (SSSR count). The molecule has 0 aliphatic carbocycles. The molecule has 6 N–H and O–H groups in total. The quantitative estimate of drug-likeness (QED) is 0.383. The summed E-state index contributed by atoms with van der Waals surface area (Å²) in [5.74, 6) is 4.48. The number of hydrogen-bond acceptors (Lipinski definition) is 5. The van der Waals surface area contributed by atoms with Crippen LogP contribution in [0.25, 0.3) is 0 Å². The molecule has 0 fully saturated rings. The van der Waals surface area contributed by atoms with Crippen LogP contribution in [0.15, 0.2) is 67.0 Å². The van der Waals surface area contributed by atoms with E-state index >= 15 is 0 Å². The zero-order valence-electron chi connectivity index (χ0n) is 15.3. The van der Waals surface area contributed by atoms with Crippen molar-refractivity contribution in [3.8, 4) is 0 Å². The number of amides is 2. The van der Waals surface area contributed by atoms with Gasteiger partial charge in [-0.05, 0) is 36.2 Å². The lowest BCUT2D eigenvalue weighted by Gasteiger charge is -2.21. The number of halogens is 1. The van der Waals surface area contributed by atoms with E-state index in [-0.39, 0.29) is 17.9 Å². The minimum atomic E-state index is -0.821. The number of nitrogens with one attached hydrogen (secondary N) is 2. The van der Waals surface area contributed by atoms with Crippen LogP contribution in [-0.2, 0) is 11.3 Å². The van der Waals surface area contributed by atoms with E-state index in [4.69, 9.17) is 11.6 Å². The molecule has 8 heteroatoms. The van der Waals surface area contributed by atoms with Gasteiger partial charge in [0.1, 0.15) is 11.9 Å². The normalized spacial score (nSPS) is 11.8. The van der Waals surface area contributed by atoms with Gasteiger partial charge in [-0.3, -0.25) is 9.59 Å². The standard InChI is InChI=1S/C20H24FN5O2/c21-17-8-6-16(7-9-17)19(27)25-18(10-12-26(23)13-11-22)20(28)24-14-15-4-2-1-3-5-15/h1-9,11,13,18H,10,12,14,22-23H2,(H,24,28)(H,25,27)/b13-11-. The molecule has 1 atom stereocenters. The third-order valence-electron chi connectivity index (χ3n) is 3.99. The van der Waals surface area contributed by atoms with Gasteiger partial charge < -0.3 is 21.4 Å². The van der Waals surface area contributed by atoms with E-state index in [0.29, 0.717) is 13.1 Å². The molecule has 0 saturated carbocycles. The third-order valence-corrected chi connectivity index (χ3v) is 3.99. The second kappa shape index (κ2) is 10.7. The van der Waals surface area contributed by atoms with Crippen LogP contribution in [0.1, 0.15) is 22.3 Å². The molecule has 2 aromatic rings. The summed E-state index contributed by atoms with van der Waals surface area (Å²) in [6.45, 7) is 0.623. The highest BCUT2D eigenvalue weighted by atomic mass is 19.1. The molecule has 0 heterocycles. The van der Waals surface area contributed by atoms with Gasteiger partial charge in [0.05, 0.1) is 0 Å².